The Hall–Kier alpha value is -0.0400. The van der Waals surface area contributed by atoms with Gasteiger partial charge < -0.3 is 5.32 Å². The molecule has 0 aromatic heterocycles. The molecule has 2 saturated carbocycles. The molecule has 2 aliphatic carbocycles. The molecule has 2 rings (SSSR count). The Morgan fingerprint density at radius 3 is 2.20 bits per heavy atom. The van der Waals surface area contributed by atoms with Crippen LogP contribution in [0.2, 0.25) is 0 Å². The summed E-state index contributed by atoms with van der Waals surface area (Å²) in [5.74, 6) is 1.98. The molecule has 1 N–H and O–H groups in total. The van der Waals surface area contributed by atoms with Gasteiger partial charge in [0.05, 0.1) is 0 Å². The lowest BCUT2D eigenvalue weighted by atomic mass is 9.84. The molecule has 1 unspecified atom stereocenters. The van der Waals surface area contributed by atoms with Crippen LogP contribution in [-0.2, 0) is 0 Å². The molecular weight excluding hydrogens is 182 g/mol. The second-order valence-electron chi connectivity index (χ2n) is 5.71. The molecule has 0 aromatic rings. The summed E-state index contributed by atoms with van der Waals surface area (Å²) in [7, 11) is 0. The third-order valence-corrected chi connectivity index (χ3v) is 4.46. The zero-order valence-electron chi connectivity index (χ0n) is 10.5. The Bertz CT molecular complexity index is 180. The monoisotopic (exact) mass is 209 g/mol. The van der Waals surface area contributed by atoms with Crippen LogP contribution in [0.25, 0.3) is 0 Å². The Kier molecular flexibility index (Phi) is 4.07. The van der Waals surface area contributed by atoms with Crippen molar-refractivity contribution in [2.45, 2.75) is 77.3 Å². The Morgan fingerprint density at radius 1 is 1.00 bits per heavy atom. The van der Waals surface area contributed by atoms with E-state index in [1.165, 1.54) is 51.4 Å². The number of rotatable bonds is 5. The van der Waals surface area contributed by atoms with E-state index in [1.54, 1.807) is 0 Å². The molecule has 0 aromatic carbocycles. The first-order valence-electron chi connectivity index (χ1n) is 7.07. The van der Waals surface area contributed by atoms with Gasteiger partial charge >= 0.3 is 0 Å². The Balaban J connectivity index is 1.75. The van der Waals surface area contributed by atoms with Crippen molar-refractivity contribution in [3.8, 4) is 0 Å². The summed E-state index contributed by atoms with van der Waals surface area (Å²) in [5.41, 5.74) is 0. The fourth-order valence-corrected chi connectivity index (χ4v) is 3.19. The van der Waals surface area contributed by atoms with Gasteiger partial charge in [0.25, 0.3) is 0 Å². The summed E-state index contributed by atoms with van der Waals surface area (Å²) < 4.78 is 0. The van der Waals surface area contributed by atoms with Crippen LogP contribution >= 0.6 is 0 Å². The van der Waals surface area contributed by atoms with Crippen LogP contribution in [0.5, 0.6) is 0 Å². The summed E-state index contributed by atoms with van der Waals surface area (Å²) in [4.78, 5) is 0. The molecule has 0 saturated heterocycles. The summed E-state index contributed by atoms with van der Waals surface area (Å²) >= 11 is 0. The minimum atomic E-state index is 0.760. The second kappa shape index (κ2) is 5.34. The van der Waals surface area contributed by atoms with E-state index < -0.39 is 0 Å². The smallest absolute Gasteiger partial charge is 0.00952 e. The van der Waals surface area contributed by atoms with E-state index in [-0.39, 0.29) is 0 Å². The normalized spacial score (nSPS) is 27.6. The van der Waals surface area contributed by atoms with E-state index in [0.717, 1.165) is 23.9 Å². The lowest BCUT2D eigenvalue weighted by Crippen LogP contribution is -2.42. The van der Waals surface area contributed by atoms with Crippen LogP contribution in [-0.4, -0.2) is 12.1 Å². The standard InChI is InChI=1S/C14H27N/c1-3-14(13-9-10-13)15-11(2)12-7-5-4-6-8-12/h11-15H,3-10H2,1-2H3/t11-,14?/m1/s1. The maximum atomic E-state index is 3.90. The first-order chi connectivity index (χ1) is 7.31. The van der Waals surface area contributed by atoms with Gasteiger partial charge in [0.1, 0.15) is 0 Å². The highest BCUT2D eigenvalue weighted by atomic mass is 15.0. The Labute approximate surface area is 95.0 Å². The van der Waals surface area contributed by atoms with E-state index in [2.05, 4.69) is 19.2 Å². The average molecular weight is 209 g/mol. The highest BCUT2D eigenvalue weighted by molar-refractivity contribution is 4.88. The molecule has 0 heterocycles. The Morgan fingerprint density at radius 2 is 1.67 bits per heavy atom. The SMILES string of the molecule is CCC(N[C@H](C)C1CCCCC1)C1CC1. The van der Waals surface area contributed by atoms with Crippen molar-refractivity contribution in [2.24, 2.45) is 11.8 Å². The first-order valence-corrected chi connectivity index (χ1v) is 7.07. The first kappa shape index (κ1) is 11.4. The second-order valence-corrected chi connectivity index (χ2v) is 5.71. The van der Waals surface area contributed by atoms with E-state index in [1.807, 2.05) is 0 Å². The van der Waals surface area contributed by atoms with Gasteiger partial charge in [-0.05, 0) is 50.9 Å². The molecule has 1 heteroatoms. The van der Waals surface area contributed by atoms with Gasteiger partial charge in [0, 0.05) is 12.1 Å². The zero-order valence-corrected chi connectivity index (χ0v) is 10.5. The quantitative estimate of drug-likeness (QED) is 0.727. The summed E-state index contributed by atoms with van der Waals surface area (Å²) in [6.45, 7) is 4.75. The molecule has 15 heavy (non-hydrogen) atoms. The summed E-state index contributed by atoms with van der Waals surface area (Å²) in [5, 5.41) is 3.90. The highest BCUT2D eigenvalue weighted by Gasteiger charge is 2.32. The van der Waals surface area contributed by atoms with Crippen LogP contribution in [0.15, 0.2) is 0 Å². The van der Waals surface area contributed by atoms with Crippen molar-refractivity contribution in [2.75, 3.05) is 0 Å². The summed E-state index contributed by atoms with van der Waals surface area (Å²) in [6.07, 6.45) is 11.6. The van der Waals surface area contributed by atoms with E-state index in [0.29, 0.717) is 0 Å². The molecule has 0 radical (unpaired) electrons. The largest absolute Gasteiger partial charge is 0.311 e. The number of hydrogen-bond donors (Lipinski definition) is 1. The van der Waals surface area contributed by atoms with Crippen LogP contribution in [0.1, 0.15) is 65.2 Å². The minimum absolute atomic E-state index is 0.760. The predicted octanol–water partition coefficient (Wildman–Crippen LogP) is 3.73. The summed E-state index contributed by atoms with van der Waals surface area (Å²) in [6, 6.07) is 1.58. The molecule has 0 amide bonds. The van der Waals surface area contributed by atoms with Crippen LogP contribution in [0.4, 0.5) is 0 Å². The van der Waals surface area contributed by atoms with Gasteiger partial charge in [-0.15, -0.1) is 0 Å². The third kappa shape index (κ3) is 3.21. The van der Waals surface area contributed by atoms with Crippen molar-refractivity contribution in [1.82, 2.24) is 5.32 Å². The van der Waals surface area contributed by atoms with Gasteiger partial charge in [0.2, 0.25) is 0 Å². The van der Waals surface area contributed by atoms with Gasteiger partial charge in [-0.3, -0.25) is 0 Å². The molecule has 88 valence electrons. The van der Waals surface area contributed by atoms with Crippen molar-refractivity contribution in [3.05, 3.63) is 0 Å². The molecule has 0 bridgehead atoms. The predicted molar refractivity (Wildman–Crippen MR) is 66.0 cm³/mol. The fraction of sp³-hybridized carbons (Fsp3) is 1.00. The highest BCUT2D eigenvalue weighted by Crippen LogP contribution is 2.35. The van der Waals surface area contributed by atoms with Crippen LogP contribution < -0.4 is 5.32 Å². The average Bonchev–Trinajstić information content (AvgIpc) is 3.10. The van der Waals surface area contributed by atoms with Gasteiger partial charge in [-0.25, -0.2) is 0 Å². The van der Waals surface area contributed by atoms with Gasteiger partial charge in [0.15, 0.2) is 0 Å². The molecule has 2 atom stereocenters. The molecule has 0 aliphatic heterocycles. The number of hydrogen-bond acceptors (Lipinski definition) is 1. The molecule has 2 fully saturated rings. The van der Waals surface area contributed by atoms with Gasteiger partial charge in [-0.1, -0.05) is 26.2 Å². The van der Waals surface area contributed by atoms with Crippen LogP contribution in [0.3, 0.4) is 0 Å². The zero-order chi connectivity index (χ0) is 10.7. The maximum absolute atomic E-state index is 3.90. The van der Waals surface area contributed by atoms with Crippen LogP contribution in [0, 0.1) is 11.8 Å². The lowest BCUT2D eigenvalue weighted by Gasteiger charge is -2.31. The van der Waals surface area contributed by atoms with Crippen molar-refractivity contribution < 1.29 is 0 Å². The van der Waals surface area contributed by atoms with E-state index >= 15 is 0 Å². The maximum Gasteiger partial charge on any atom is 0.00952 e. The van der Waals surface area contributed by atoms with E-state index in [9.17, 15) is 0 Å². The lowest BCUT2D eigenvalue weighted by molar-refractivity contribution is 0.253. The van der Waals surface area contributed by atoms with E-state index in [4.69, 9.17) is 0 Å². The topological polar surface area (TPSA) is 12.0 Å². The van der Waals surface area contributed by atoms with Gasteiger partial charge in [-0.2, -0.15) is 0 Å². The third-order valence-electron chi connectivity index (χ3n) is 4.46. The van der Waals surface area contributed by atoms with Crippen molar-refractivity contribution >= 4 is 0 Å². The fourth-order valence-electron chi connectivity index (χ4n) is 3.19. The molecular formula is C14H27N. The number of nitrogens with one attached hydrogen (secondary N) is 1. The molecule has 2 aliphatic rings. The van der Waals surface area contributed by atoms with Crippen molar-refractivity contribution in [3.63, 3.8) is 0 Å². The molecule has 1 nitrogen and oxygen atoms in total. The minimum Gasteiger partial charge on any atom is -0.311 e. The molecule has 0 spiro atoms. The van der Waals surface area contributed by atoms with Crippen molar-refractivity contribution in [1.29, 1.82) is 0 Å².